The van der Waals surface area contributed by atoms with Gasteiger partial charge in [0.25, 0.3) is 0 Å². The van der Waals surface area contributed by atoms with Crippen LogP contribution in [0.3, 0.4) is 0 Å². The van der Waals surface area contributed by atoms with Crippen molar-refractivity contribution in [3.63, 3.8) is 0 Å². The first kappa shape index (κ1) is 23.1. The topological polar surface area (TPSA) is 48.4 Å². The summed E-state index contributed by atoms with van der Waals surface area (Å²) >= 11 is 7.74. The Hall–Kier alpha value is -3.03. The van der Waals surface area contributed by atoms with Crippen molar-refractivity contribution in [1.82, 2.24) is 0 Å². The summed E-state index contributed by atoms with van der Waals surface area (Å²) in [5.74, 6) is -0.205. The Bertz CT molecular complexity index is 1100. The summed E-state index contributed by atoms with van der Waals surface area (Å²) in [4.78, 5) is 18.3. The number of hydrogen-bond donors (Lipinski definition) is 0. The molecule has 0 N–H and O–H groups in total. The summed E-state index contributed by atoms with van der Waals surface area (Å²) in [6, 6.07) is 19.8. The normalized spacial score (nSPS) is 15.5. The van der Waals surface area contributed by atoms with E-state index in [1.54, 1.807) is 18.3 Å². The maximum absolute atomic E-state index is 13.0. The molecule has 2 heterocycles. The third kappa shape index (κ3) is 4.70. The number of benzene rings is 2. The fourth-order valence-corrected chi connectivity index (χ4v) is 4.84. The molecule has 33 heavy (non-hydrogen) atoms. The van der Waals surface area contributed by atoms with Gasteiger partial charge in [0.15, 0.2) is 6.17 Å². The summed E-state index contributed by atoms with van der Waals surface area (Å²) < 4.78 is 5.38. The highest BCUT2D eigenvalue weighted by molar-refractivity contribution is 7.10. The average Bonchev–Trinajstić information content (AvgIpc) is 3.49. The Morgan fingerprint density at radius 1 is 1.03 bits per heavy atom. The molecule has 1 atom stereocenters. The van der Waals surface area contributed by atoms with E-state index in [0.29, 0.717) is 5.02 Å². The van der Waals surface area contributed by atoms with Gasteiger partial charge in [0, 0.05) is 34.4 Å². The predicted molar refractivity (Wildman–Crippen MR) is 138 cm³/mol. The molecule has 0 spiro atoms. The highest BCUT2D eigenvalue weighted by Crippen LogP contribution is 2.41. The Morgan fingerprint density at radius 3 is 2.27 bits per heavy atom. The van der Waals surface area contributed by atoms with Crippen LogP contribution in [0, 0.1) is 0 Å². The van der Waals surface area contributed by atoms with Crippen molar-refractivity contribution in [1.29, 1.82) is 0 Å². The van der Waals surface area contributed by atoms with E-state index < -0.39 is 5.97 Å². The number of hydrazone groups is 1. The standard InChI is InChI=1S/C25H27ClN4O2S/c1-4-28(5-2)19-13-15-20(16-14-19)29-23(25(31)32-6-3)27-30(21-11-9-18(26)10-12-21)24(29)22-8-7-17-33-22/h7-17,24H,4-6H2,1-3H3. The Morgan fingerprint density at radius 2 is 1.70 bits per heavy atom. The summed E-state index contributed by atoms with van der Waals surface area (Å²) in [7, 11) is 0. The number of halogens is 1. The maximum atomic E-state index is 13.0. The van der Waals surface area contributed by atoms with Gasteiger partial charge in [-0.25, -0.2) is 9.80 Å². The first-order valence-corrected chi connectivity index (χ1v) is 12.3. The minimum Gasteiger partial charge on any atom is -0.460 e. The van der Waals surface area contributed by atoms with Crippen LogP contribution in [0.2, 0.25) is 5.02 Å². The van der Waals surface area contributed by atoms with Crippen LogP contribution in [0.15, 0.2) is 71.1 Å². The number of carbonyl (C=O) groups is 1. The van der Waals surface area contributed by atoms with E-state index in [0.717, 1.165) is 35.0 Å². The van der Waals surface area contributed by atoms with Gasteiger partial charge in [-0.1, -0.05) is 17.7 Å². The lowest BCUT2D eigenvalue weighted by molar-refractivity contribution is -0.135. The summed E-state index contributed by atoms with van der Waals surface area (Å²) in [5, 5.41) is 9.27. The minimum atomic E-state index is -0.455. The number of thiophene rings is 1. The molecular weight excluding hydrogens is 456 g/mol. The molecule has 0 aliphatic carbocycles. The summed E-state index contributed by atoms with van der Waals surface area (Å²) in [5.41, 5.74) is 2.84. The smallest absolute Gasteiger partial charge is 0.376 e. The van der Waals surface area contributed by atoms with Gasteiger partial charge in [0.1, 0.15) is 0 Å². The second kappa shape index (κ2) is 10.3. The van der Waals surface area contributed by atoms with Gasteiger partial charge in [-0.2, -0.15) is 0 Å². The molecule has 1 aliphatic rings. The fourth-order valence-electron chi connectivity index (χ4n) is 3.92. The number of nitrogens with zero attached hydrogens (tertiary/aromatic N) is 4. The van der Waals surface area contributed by atoms with Crippen molar-refractivity contribution in [2.24, 2.45) is 5.10 Å². The molecule has 0 fully saturated rings. The molecule has 0 saturated heterocycles. The predicted octanol–water partition coefficient (Wildman–Crippen LogP) is 6.15. The van der Waals surface area contributed by atoms with Gasteiger partial charge in [-0.05, 0) is 80.7 Å². The van der Waals surface area contributed by atoms with E-state index in [9.17, 15) is 4.79 Å². The third-order valence-corrected chi connectivity index (χ3v) is 6.67. The molecule has 172 valence electrons. The van der Waals surface area contributed by atoms with Crippen molar-refractivity contribution in [2.75, 3.05) is 34.5 Å². The van der Waals surface area contributed by atoms with Crippen molar-refractivity contribution in [3.8, 4) is 0 Å². The highest BCUT2D eigenvalue weighted by atomic mass is 35.5. The lowest BCUT2D eigenvalue weighted by atomic mass is 10.2. The molecule has 1 aromatic heterocycles. The van der Waals surface area contributed by atoms with Gasteiger partial charge in [-0.15, -0.1) is 16.4 Å². The second-order valence-electron chi connectivity index (χ2n) is 7.41. The zero-order chi connectivity index (χ0) is 23.4. The number of carbonyl (C=O) groups excluding carboxylic acids is 1. The molecule has 4 rings (SSSR count). The molecule has 8 heteroatoms. The fraction of sp³-hybridized carbons (Fsp3) is 0.280. The average molecular weight is 483 g/mol. The van der Waals surface area contributed by atoms with E-state index in [1.807, 2.05) is 57.8 Å². The van der Waals surface area contributed by atoms with Crippen LogP contribution in [0.5, 0.6) is 0 Å². The van der Waals surface area contributed by atoms with Crippen molar-refractivity contribution < 1.29 is 9.53 Å². The first-order chi connectivity index (χ1) is 16.1. The van der Waals surface area contributed by atoms with E-state index in [-0.39, 0.29) is 18.6 Å². The molecule has 6 nitrogen and oxygen atoms in total. The Balaban J connectivity index is 1.81. The number of ether oxygens (including phenoxy) is 1. The van der Waals surface area contributed by atoms with Crippen molar-refractivity contribution >= 4 is 51.8 Å². The molecule has 0 radical (unpaired) electrons. The Kier molecular flexibility index (Phi) is 7.20. The summed E-state index contributed by atoms with van der Waals surface area (Å²) in [6.07, 6.45) is -0.329. The number of hydrogen-bond acceptors (Lipinski definition) is 7. The molecule has 0 saturated carbocycles. The number of esters is 1. The quantitative estimate of drug-likeness (QED) is 0.360. The van der Waals surface area contributed by atoms with Crippen LogP contribution in [0.4, 0.5) is 17.1 Å². The zero-order valence-corrected chi connectivity index (χ0v) is 20.5. The van der Waals surface area contributed by atoms with Crippen LogP contribution in [0.1, 0.15) is 31.8 Å². The maximum Gasteiger partial charge on any atom is 0.376 e. The van der Waals surface area contributed by atoms with E-state index in [2.05, 4.69) is 36.9 Å². The van der Waals surface area contributed by atoms with Gasteiger partial charge in [0.2, 0.25) is 5.84 Å². The van der Waals surface area contributed by atoms with Gasteiger partial charge < -0.3 is 9.64 Å². The molecule has 0 amide bonds. The first-order valence-electron chi connectivity index (χ1n) is 11.1. The Labute approximate surface area is 203 Å². The van der Waals surface area contributed by atoms with Gasteiger partial charge in [-0.3, -0.25) is 4.90 Å². The van der Waals surface area contributed by atoms with Crippen molar-refractivity contribution in [2.45, 2.75) is 26.9 Å². The molecule has 1 unspecified atom stereocenters. The van der Waals surface area contributed by atoms with Crippen LogP contribution in [-0.2, 0) is 9.53 Å². The molecule has 0 bridgehead atoms. The zero-order valence-electron chi connectivity index (χ0n) is 18.9. The minimum absolute atomic E-state index is 0.251. The second-order valence-corrected chi connectivity index (χ2v) is 8.83. The van der Waals surface area contributed by atoms with E-state index >= 15 is 0 Å². The highest BCUT2D eigenvalue weighted by Gasteiger charge is 2.41. The molecule has 3 aromatic rings. The lowest BCUT2D eigenvalue weighted by Gasteiger charge is -2.31. The van der Waals surface area contributed by atoms with Crippen LogP contribution < -0.4 is 14.8 Å². The summed E-state index contributed by atoms with van der Waals surface area (Å²) in [6.45, 7) is 8.20. The van der Waals surface area contributed by atoms with Crippen LogP contribution in [-0.4, -0.2) is 31.5 Å². The third-order valence-electron chi connectivity index (χ3n) is 5.51. The monoisotopic (exact) mass is 482 g/mol. The number of rotatable bonds is 8. The lowest BCUT2D eigenvalue weighted by Crippen LogP contribution is -2.38. The van der Waals surface area contributed by atoms with Gasteiger partial charge >= 0.3 is 5.97 Å². The molecule has 2 aromatic carbocycles. The molecular formula is C25H27ClN4O2S. The van der Waals surface area contributed by atoms with E-state index in [4.69, 9.17) is 21.4 Å². The number of anilines is 3. The van der Waals surface area contributed by atoms with Gasteiger partial charge in [0.05, 0.1) is 12.3 Å². The number of amidine groups is 1. The SMILES string of the molecule is CCOC(=O)C1=NN(c2ccc(Cl)cc2)C(c2cccs2)N1c1ccc(N(CC)CC)cc1. The van der Waals surface area contributed by atoms with Crippen LogP contribution in [0.25, 0.3) is 0 Å². The van der Waals surface area contributed by atoms with Crippen molar-refractivity contribution in [3.05, 3.63) is 75.9 Å². The largest absolute Gasteiger partial charge is 0.460 e. The molecule has 1 aliphatic heterocycles. The van der Waals surface area contributed by atoms with E-state index in [1.165, 1.54) is 0 Å². The van der Waals surface area contributed by atoms with Crippen LogP contribution >= 0.6 is 22.9 Å².